The third-order valence-corrected chi connectivity index (χ3v) is 3.95. The maximum atomic E-state index is 11.9. The van der Waals surface area contributed by atoms with Crippen molar-refractivity contribution in [2.45, 2.75) is 32.1 Å². The van der Waals surface area contributed by atoms with Gasteiger partial charge in [-0.05, 0) is 44.2 Å². The Morgan fingerprint density at radius 3 is 2.80 bits per heavy atom. The number of benzene rings is 1. The van der Waals surface area contributed by atoms with Crippen molar-refractivity contribution in [2.24, 2.45) is 0 Å². The van der Waals surface area contributed by atoms with E-state index in [9.17, 15) is 19.7 Å². The summed E-state index contributed by atoms with van der Waals surface area (Å²) in [5, 5.41) is 13.5. The van der Waals surface area contributed by atoms with E-state index in [1.54, 1.807) is 0 Å². The highest BCUT2D eigenvalue weighted by Gasteiger charge is 2.17. The number of nitrogens with one attached hydrogen (secondary N) is 1. The van der Waals surface area contributed by atoms with Crippen LogP contribution in [0.4, 0.5) is 11.4 Å². The van der Waals surface area contributed by atoms with Gasteiger partial charge in [0.1, 0.15) is 5.69 Å². The molecule has 1 amide bonds. The molecular weight excluding hydrogens is 326 g/mol. The van der Waals surface area contributed by atoms with Crippen LogP contribution in [0.5, 0.6) is 0 Å². The maximum Gasteiger partial charge on any atom is 0.338 e. The Kier molecular flexibility index (Phi) is 6.50. The Balaban J connectivity index is 1.77. The number of nitro benzene ring substituents is 1. The van der Waals surface area contributed by atoms with Gasteiger partial charge in [0.15, 0.2) is 6.61 Å². The first kappa shape index (κ1) is 18.4. The second-order valence-electron chi connectivity index (χ2n) is 5.81. The molecule has 0 fully saturated rings. The lowest BCUT2D eigenvalue weighted by Gasteiger charge is -2.13. The fourth-order valence-electron chi connectivity index (χ4n) is 2.59. The average Bonchev–Trinajstić information content (AvgIpc) is 2.60. The van der Waals surface area contributed by atoms with Crippen LogP contribution in [0.15, 0.2) is 29.8 Å². The molecule has 0 saturated carbocycles. The number of carbonyl (C=O) groups excluding carboxylic acids is 2. The molecule has 0 aromatic heterocycles. The first-order valence-corrected chi connectivity index (χ1v) is 8.13. The van der Waals surface area contributed by atoms with E-state index in [0.717, 1.165) is 25.3 Å². The van der Waals surface area contributed by atoms with E-state index in [2.05, 4.69) is 11.4 Å². The lowest BCUT2D eigenvalue weighted by atomic mass is 9.97. The van der Waals surface area contributed by atoms with Crippen LogP contribution >= 0.6 is 0 Å². The van der Waals surface area contributed by atoms with Gasteiger partial charge < -0.3 is 15.8 Å². The highest BCUT2D eigenvalue weighted by Crippen LogP contribution is 2.22. The Hall–Kier alpha value is -2.90. The lowest BCUT2D eigenvalue weighted by Crippen LogP contribution is -2.29. The number of carbonyl (C=O) groups is 2. The molecule has 134 valence electrons. The molecule has 0 aliphatic heterocycles. The molecule has 1 aliphatic rings. The number of ether oxygens (including phenoxy) is 1. The summed E-state index contributed by atoms with van der Waals surface area (Å²) in [5.41, 5.74) is 6.36. The van der Waals surface area contributed by atoms with Crippen molar-refractivity contribution in [2.75, 3.05) is 18.9 Å². The number of nitrogens with zero attached hydrogens (tertiary/aromatic N) is 1. The van der Waals surface area contributed by atoms with Crippen LogP contribution in [-0.4, -0.2) is 30.0 Å². The van der Waals surface area contributed by atoms with Crippen LogP contribution < -0.4 is 11.1 Å². The molecule has 8 heteroatoms. The second kappa shape index (κ2) is 8.81. The number of esters is 1. The summed E-state index contributed by atoms with van der Waals surface area (Å²) in [5.74, 6) is -1.22. The van der Waals surface area contributed by atoms with Crippen molar-refractivity contribution in [3.63, 3.8) is 0 Å². The summed E-state index contributed by atoms with van der Waals surface area (Å²) in [4.78, 5) is 33.7. The van der Waals surface area contributed by atoms with Crippen molar-refractivity contribution in [3.05, 3.63) is 45.5 Å². The minimum absolute atomic E-state index is 0.0268. The van der Waals surface area contributed by atoms with Gasteiger partial charge in [-0.3, -0.25) is 14.9 Å². The zero-order valence-electron chi connectivity index (χ0n) is 13.8. The van der Waals surface area contributed by atoms with Crippen LogP contribution in [0, 0.1) is 10.1 Å². The van der Waals surface area contributed by atoms with Gasteiger partial charge in [-0.1, -0.05) is 11.6 Å². The number of amides is 1. The molecule has 0 saturated heterocycles. The first-order chi connectivity index (χ1) is 12.0. The number of nitrogens with two attached hydrogens (primary N) is 1. The molecule has 8 nitrogen and oxygen atoms in total. The summed E-state index contributed by atoms with van der Waals surface area (Å²) in [6, 6.07) is 3.61. The number of allylic oxidation sites excluding steroid dienone is 1. The van der Waals surface area contributed by atoms with Crippen LogP contribution in [-0.2, 0) is 9.53 Å². The average molecular weight is 347 g/mol. The third-order valence-electron chi connectivity index (χ3n) is 3.95. The molecule has 0 heterocycles. The number of anilines is 1. The number of hydrogen-bond donors (Lipinski definition) is 2. The number of nitro groups is 1. The number of rotatable bonds is 7. The zero-order chi connectivity index (χ0) is 18.2. The Morgan fingerprint density at radius 2 is 2.12 bits per heavy atom. The van der Waals surface area contributed by atoms with Crippen LogP contribution in [0.1, 0.15) is 42.5 Å². The van der Waals surface area contributed by atoms with E-state index in [4.69, 9.17) is 10.5 Å². The van der Waals surface area contributed by atoms with Gasteiger partial charge in [-0.25, -0.2) is 4.79 Å². The van der Waals surface area contributed by atoms with Gasteiger partial charge in [0.05, 0.1) is 10.5 Å². The van der Waals surface area contributed by atoms with E-state index >= 15 is 0 Å². The summed E-state index contributed by atoms with van der Waals surface area (Å²) < 4.78 is 4.88. The van der Waals surface area contributed by atoms with Gasteiger partial charge in [0.25, 0.3) is 11.6 Å². The molecule has 0 radical (unpaired) electrons. The first-order valence-electron chi connectivity index (χ1n) is 8.13. The molecule has 3 N–H and O–H groups in total. The molecule has 1 aromatic rings. The van der Waals surface area contributed by atoms with E-state index in [1.165, 1.54) is 30.5 Å². The smallest absolute Gasteiger partial charge is 0.338 e. The molecule has 1 aliphatic carbocycles. The largest absolute Gasteiger partial charge is 0.452 e. The quantitative estimate of drug-likeness (QED) is 0.256. The van der Waals surface area contributed by atoms with Crippen LogP contribution in [0.3, 0.4) is 0 Å². The van der Waals surface area contributed by atoms with E-state index in [0.29, 0.717) is 6.54 Å². The predicted octanol–water partition coefficient (Wildman–Crippen LogP) is 2.34. The van der Waals surface area contributed by atoms with Crippen molar-refractivity contribution < 1.29 is 19.2 Å². The summed E-state index contributed by atoms with van der Waals surface area (Å²) in [6.45, 7) is 0.0611. The van der Waals surface area contributed by atoms with Gasteiger partial charge in [-0.15, -0.1) is 0 Å². The summed E-state index contributed by atoms with van der Waals surface area (Å²) >= 11 is 0. The third kappa shape index (κ3) is 5.59. The highest BCUT2D eigenvalue weighted by atomic mass is 16.6. The van der Waals surface area contributed by atoms with E-state index < -0.39 is 23.4 Å². The minimum atomic E-state index is -0.812. The molecule has 0 atom stereocenters. The van der Waals surface area contributed by atoms with Gasteiger partial charge in [0.2, 0.25) is 0 Å². The van der Waals surface area contributed by atoms with Crippen molar-refractivity contribution in [1.82, 2.24) is 5.32 Å². The van der Waals surface area contributed by atoms with Crippen molar-refractivity contribution in [3.8, 4) is 0 Å². The summed E-state index contributed by atoms with van der Waals surface area (Å²) in [6.07, 6.45) is 7.57. The molecule has 1 aromatic carbocycles. The second-order valence-corrected chi connectivity index (χ2v) is 5.81. The predicted molar refractivity (Wildman–Crippen MR) is 92.0 cm³/mol. The fraction of sp³-hybridized carbons (Fsp3) is 0.412. The zero-order valence-corrected chi connectivity index (χ0v) is 13.8. The minimum Gasteiger partial charge on any atom is -0.452 e. The Labute approximate surface area is 145 Å². The molecule has 25 heavy (non-hydrogen) atoms. The SMILES string of the molecule is Nc1ccc(C(=O)OCC(=O)NCCC2=CCCCC2)cc1[N+](=O)[O-]. The van der Waals surface area contributed by atoms with Crippen LogP contribution in [0.2, 0.25) is 0 Å². The van der Waals surface area contributed by atoms with Gasteiger partial charge in [-0.2, -0.15) is 0 Å². The topological polar surface area (TPSA) is 125 Å². The van der Waals surface area contributed by atoms with E-state index in [-0.39, 0.29) is 16.9 Å². The lowest BCUT2D eigenvalue weighted by molar-refractivity contribution is -0.383. The van der Waals surface area contributed by atoms with Gasteiger partial charge in [0, 0.05) is 12.6 Å². The maximum absolute atomic E-state index is 11.9. The Morgan fingerprint density at radius 1 is 1.32 bits per heavy atom. The molecular formula is C17H21N3O5. The highest BCUT2D eigenvalue weighted by molar-refractivity contribution is 5.92. The number of nitrogen functional groups attached to an aromatic ring is 1. The van der Waals surface area contributed by atoms with Crippen molar-refractivity contribution in [1.29, 1.82) is 0 Å². The molecule has 0 spiro atoms. The van der Waals surface area contributed by atoms with Gasteiger partial charge >= 0.3 is 5.97 Å². The molecule has 2 rings (SSSR count). The van der Waals surface area contributed by atoms with Crippen molar-refractivity contribution >= 4 is 23.3 Å². The molecule has 0 unspecified atom stereocenters. The van der Waals surface area contributed by atoms with Crippen LogP contribution in [0.25, 0.3) is 0 Å². The standard InChI is InChI=1S/C17H21N3O5/c18-14-7-6-13(10-15(14)20(23)24)17(22)25-11-16(21)19-9-8-12-4-2-1-3-5-12/h4,6-7,10H,1-3,5,8-9,11,18H2,(H,19,21). The van der Waals surface area contributed by atoms with E-state index in [1.807, 2.05) is 0 Å². The number of hydrogen-bond acceptors (Lipinski definition) is 6. The monoisotopic (exact) mass is 347 g/mol. The Bertz CT molecular complexity index is 700. The molecule has 0 bridgehead atoms. The summed E-state index contributed by atoms with van der Waals surface area (Å²) in [7, 11) is 0. The normalized spacial score (nSPS) is 13.7. The fourth-order valence-corrected chi connectivity index (χ4v) is 2.59.